The monoisotopic (exact) mass is 835 g/mol. The number of allylic oxidation sites excluding steroid dienone is 4. The lowest BCUT2D eigenvalue weighted by Crippen LogP contribution is -2.46. The van der Waals surface area contributed by atoms with Crippen LogP contribution >= 0.6 is 0 Å². The number of likely N-dealkylation sites (tertiary alicyclic amines) is 1. The fraction of sp³-hybridized carbons (Fsp3) is 0.857. The minimum Gasteiger partial charge on any atom is -0.465 e. The van der Waals surface area contributed by atoms with Crippen molar-refractivity contribution in [3.05, 3.63) is 24.3 Å². The Morgan fingerprint density at radius 1 is 0.610 bits per heavy atom. The number of piperidine rings is 1. The van der Waals surface area contributed by atoms with Gasteiger partial charge < -0.3 is 33.9 Å². The maximum absolute atomic E-state index is 13.0. The van der Waals surface area contributed by atoms with E-state index in [2.05, 4.69) is 55.3 Å². The van der Waals surface area contributed by atoms with Gasteiger partial charge in [-0.05, 0) is 77.8 Å². The van der Waals surface area contributed by atoms with Crippen LogP contribution in [0.15, 0.2) is 24.3 Å². The lowest BCUT2D eigenvalue weighted by Gasteiger charge is -2.30. The summed E-state index contributed by atoms with van der Waals surface area (Å²) in [6.07, 6.45) is 37.4. The summed E-state index contributed by atoms with van der Waals surface area (Å²) in [4.78, 5) is 40.5. The minimum absolute atomic E-state index is 0.0111. The third kappa shape index (κ3) is 36.0. The van der Waals surface area contributed by atoms with Crippen LogP contribution in [0.25, 0.3) is 0 Å². The number of nitrogens with one attached hydrogen (secondary N) is 1. The maximum atomic E-state index is 13.0. The number of carbonyl (C=O) groups excluding carboxylic acids is 3. The average molecular weight is 835 g/mol. The van der Waals surface area contributed by atoms with Crippen LogP contribution < -0.4 is 5.32 Å². The Balaban J connectivity index is 2.52. The highest BCUT2D eigenvalue weighted by molar-refractivity contribution is 5.70. The van der Waals surface area contributed by atoms with Crippen molar-refractivity contribution in [2.75, 3.05) is 53.2 Å². The van der Waals surface area contributed by atoms with E-state index in [4.69, 9.17) is 23.7 Å². The van der Waals surface area contributed by atoms with Crippen molar-refractivity contribution in [1.29, 1.82) is 0 Å². The molecule has 0 aromatic carbocycles. The van der Waals surface area contributed by atoms with Gasteiger partial charge in [-0.2, -0.15) is 0 Å². The van der Waals surface area contributed by atoms with Gasteiger partial charge in [0, 0.05) is 38.6 Å². The van der Waals surface area contributed by atoms with E-state index in [9.17, 15) is 14.4 Å². The number of likely N-dealkylation sites (N-methyl/N-ethyl adjacent to an activating group) is 1. The summed E-state index contributed by atoms with van der Waals surface area (Å²) in [6, 6.07) is 0.0265. The van der Waals surface area contributed by atoms with Gasteiger partial charge in [-0.3, -0.25) is 9.59 Å². The van der Waals surface area contributed by atoms with Crippen LogP contribution in [0.3, 0.4) is 0 Å². The molecule has 10 heteroatoms. The Kier molecular flexibility index (Phi) is 37.9. The van der Waals surface area contributed by atoms with Crippen molar-refractivity contribution in [3.63, 3.8) is 0 Å². The first-order chi connectivity index (χ1) is 28.9. The summed E-state index contributed by atoms with van der Waals surface area (Å²) < 4.78 is 29.1. The van der Waals surface area contributed by atoms with Gasteiger partial charge in [0.1, 0.15) is 19.8 Å². The molecule has 59 heavy (non-hydrogen) atoms. The number of unbranched alkanes of at least 4 members (excludes halogenated alkanes) is 18. The molecule has 1 rings (SSSR count). The van der Waals surface area contributed by atoms with E-state index in [1.165, 1.54) is 77.0 Å². The second-order valence-corrected chi connectivity index (χ2v) is 16.8. The highest BCUT2D eigenvalue weighted by Crippen LogP contribution is 2.14. The summed E-state index contributed by atoms with van der Waals surface area (Å²) in [7, 11) is 2.04. The number of amides is 1. The first-order valence-corrected chi connectivity index (χ1v) is 24.3. The Labute approximate surface area is 361 Å². The average Bonchev–Trinajstić information content (AvgIpc) is 3.22. The fourth-order valence-electron chi connectivity index (χ4n) is 7.12. The van der Waals surface area contributed by atoms with Gasteiger partial charge >= 0.3 is 18.0 Å². The van der Waals surface area contributed by atoms with Crippen LogP contribution in [0, 0.1) is 5.92 Å². The maximum Gasteiger partial charge on any atom is 0.407 e. The van der Waals surface area contributed by atoms with Gasteiger partial charge in [-0.25, -0.2) is 4.79 Å². The number of alkyl carbamates (subject to hydrolysis) is 1. The number of carbonyl (C=O) groups is 3. The summed E-state index contributed by atoms with van der Waals surface area (Å²) in [6.45, 7) is 9.66. The molecule has 2 atom stereocenters. The molecule has 1 saturated heterocycles. The largest absolute Gasteiger partial charge is 0.465 e. The predicted octanol–water partition coefficient (Wildman–Crippen LogP) is 12.2. The number of esters is 2. The van der Waals surface area contributed by atoms with Crippen molar-refractivity contribution in [2.24, 2.45) is 5.92 Å². The van der Waals surface area contributed by atoms with Gasteiger partial charge in [0.25, 0.3) is 0 Å². The number of hydrogen-bond acceptors (Lipinski definition) is 9. The molecule has 344 valence electrons. The van der Waals surface area contributed by atoms with Crippen LogP contribution in [-0.2, 0) is 33.3 Å². The Hall–Kier alpha value is -2.43. The molecular weight excluding hydrogens is 745 g/mol. The first kappa shape index (κ1) is 54.6. The van der Waals surface area contributed by atoms with Gasteiger partial charge in [0.15, 0.2) is 6.29 Å². The number of nitrogens with zero attached hydrogens (tertiary/aromatic N) is 1. The summed E-state index contributed by atoms with van der Waals surface area (Å²) in [5.74, 6) is -1.14. The zero-order chi connectivity index (χ0) is 42.9. The SMILES string of the molecule is CCCCC/C=C\C/C=C\CCCCCCCC(=O)OCC(COC(=O)CCC(OCCCCCCCC)OCCCCCCCC)COC(=O)NC1CCCN(C)C1. The van der Waals surface area contributed by atoms with Gasteiger partial charge in [-0.15, -0.1) is 0 Å². The quantitative estimate of drug-likeness (QED) is 0.0212. The van der Waals surface area contributed by atoms with E-state index in [-0.39, 0.29) is 44.2 Å². The summed E-state index contributed by atoms with van der Waals surface area (Å²) in [5.41, 5.74) is 0. The number of rotatable bonds is 40. The first-order valence-electron chi connectivity index (χ1n) is 24.3. The van der Waals surface area contributed by atoms with E-state index in [1.807, 2.05) is 7.05 Å². The van der Waals surface area contributed by atoms with Crippen LogP contribution in [0.2, 0.25) is 0 Å². The van der Waals surface area contributed by atoms with Gasteiger partial charge in [0.05, 0.1) is 12.3 Å². The summed E-state index contributed by atoms with van der Waals surface area (Å²) >= 11 is 0. The molecule has 1 amide bonds. The van der Waals surface area contributed by atoms with E-state index < -0.39 is 18.3 Å². The number of ether oxygens (including phenoxy) is 5. The van der Waals surface area contributed by atoms with Crippen molar-refractivity contribution < 1.29 is 38.1 Å². The third-order valence-corrected chi connectivity index (χ3v) is 10.9. The normalized spacial score (nSPS) is 15.3. The van der Waals surface area contributed by atoms with E-state index in [0.717, 1.165) is 96.6 Å². The molecule has 0 aromatic heterocycles. The molecule has 10 nitrogen and oxygen atoms in total. The molecule has 0 aromatic rings. The molecule has 2 unspecified atom stereocenters. The van der Waals surface area contributed by atoms with Crippen LogP contribution in [0.1, 0.15) is 201 Å². The van der Waals surface area contributed by atoms with Gasteiger partial charge in [0.2, 0.25) is 0 Å². The third-order valence-electron chi connectivity index (χ3n) is 10.9. The van der Waals surface area contributed by atoms with Crippen LogP contribution in [-0.4, -0.2) is 88.4 Å². The van der Waals surface area contributed by atoms with Crippen LogP contribution in [0.5, 0.6) is 0 Å². The fourth-order valence-corrected chi connectivity index (χ4v) is 7.12. The molecule has 1 N–H and O–H groups in total. The minimum atomic E-state index is -0.508. The molecule has 1 aliphatic rings. The Bertz CT molecular complexity index is 1040. The smallest absolute Gasteiger partial charge is 0.407 e. The second-order valence-electron chi connectivity index (χ2n) is 16.8. The molecule has 1 aliphatic heterocycles. The molecule has 0 bridgehead atoms. The van der Waals surface area contributed by atoms with E-state index >= 15 is 0 Å². The predicted molar refractivity (Wildman–Crippen MR) is 241 cm³/mol. The molecule has 1 heterocycles. The second kappa shape index (κ2) is 40.9. The van der Waals surface area contributed by atoms with Crippen LogP contribution in [0.4, 0.5) is 4.79 Å². The topological polar surface area (TPSA) is 113 Å². The Morgan fingerprint density at radius 2 is 1.10 bits per heavy atom. The molecular formula is C49H90N2O8. The molecule has 0 aliphatic carbocycles. The van der Waals surface area contributed by atoms with E-state index in [1.54, 1.807) is 0 Å². The zero-order valence-electron chi connectivity index (χ0n) is 38.5. The molecule has 0 spiro atoms. The number of hydrogen-bond donors (Lipinski definition) is 1. The Morgan fingerprint density at radius 3 is 1.69 bits per heavy atom. The van der Waals surface area contributed by atoms with Gasteiger partial charge in [-0.1, -0.05) is 141 Å². The van der Waals surface area contributed by atoms with Crippen molar-refractivity contribution in [1.82, 2.24) is 10.2 Å². The van der Waals surface area contributed by atoms with Crippen molar-refractivity contribution >= 4 is 18.0 Å². The van der Waals surface area contributed by atoms with Crippen molar-refractivity contribution in [3.8, 4) is 0 Å². The lowest BCUT2D eigenvalue weighted by atomic mass is 10.1. The molecule has 0 radical (unpaired) electrons. The summed E-state index contributed by atoms with van der Waals surface area (Å²) in [5, 5.41) is 2.95. The standard InChI is InChI=1S/C49H90N2O8/c1-5-8-11-14-17-18-19-20-21-22-23-24-25-26-29-34-46(52)57-41-44(43-59-49(54)50-45-33-32-37-51(4)40-45)42-58-47(53)35-36-48(55-38-30-27-15-12-9-6-2)56-39-31-28-16-13-10-7-3/h17-18,20-21,44-45,48H,5-16,19,22-43H2,1-4H3,(H,50,54)/b18-17-,21-20-. The molecule has 0 saturated carbocycles. The highest BCUT2D eigenvalue weighted by Gasteiger charge is 2.22. The van der Waals surface area contributed by atoms with Crippen molar-refractivity contribution in [2.45, 2.75) is 213 Å². The molecule has 1 fully saturated rings. The lowest BCUT2D eigenvalue weighted by molar-refractivity contribution is -0.161. The highest BCUT2D eigenvalue weighted by atomic mass is 16.7. The zero-order valence-corrected chi connectivity index (χ0v) is 38.5. The van der Waals surface area contributed by atoms with E-state index in [0.29, 0.717) is 26.1 Å².